The Labute approximate surface area is 189 Å². The first-order chi connectivity index (χ1) is 15.4. The molecule has 2 aromatic heterocycles. The minimum Gasteiger partial charge on any atom is -0.375 e. The number of fused-ring (bicyclic) bond motifs is 3. The van der Waals surface area contributed by atoms with Gasteiger partial charge < -0.3 is 10.6 Å². The van der Waals surface area contributed by atoms with Crippen molar-refractivity contribution in [3.05, 3.63) is 52.9 Å². The van der Waals surface area contributed by atoms with Gasteiger partial charge in [0.1, 0.15) is 11.0 Å². The Morgan fingerprint density at radius 1 is 1.16 bits per heavy atom. The Morgan fingerprint density at radius 3 is 2.59 bits per heavy atom. The molecule has 0 unspecified atom stereocenters. The van der Waals surface area contributed by atoms with Crippen LogP contribution >= 0.6 is 11.3 Å². The summed E-state index contributed by atoms with van der Waals surface area (Å²) in [6, 6.07) is 10.1. The molecule has 10 heteroatoms. The van der Waals surface area contributed by atoms with Crippen molar-refractivity contribution >= 4 is 53.4 Å². The Morgan fingerprint density at radius 2 is 1.88 bits per heavy atom. The SMILES string of the molecule is CN(c1cc2ncc(=O)n(S(=O)(=O)c3ccccc3)c2c2sc(N)nc12)C1CCCCC1. The van der Waals surface area contributed by atoms with E-state index in [4.69, 9.17) is 5.73 Å². The van der Waals surface area contributed by atoms with E-state index in [0.717, 1.165) is 28.7 Å². The second-order valence-electron chi connectivity index (χ2n) is 8.07. The van der Waals surface area contributed by atoms with E-state index in [1.54, 1.807) is 18.2 Å². The van der Waals surface area contributed by atoms with Gasteiger partial charge in [-0.25, -0.2) is 18.4 Å². The van der Waals surface area contributed by atoms with E-state index in [0.29, 0.717) is 26.9 Å². The third-order valence-electron chi connectivity index (χ3n) is 6.12. The number of rotatable bonds is 4. The van der Waals surface area contributed by atoms with Gasteiger partial charge >= 0.3 is 0 Å². The number of hydrogen-bond donors (Lipinski definition) is 1. The molecule has 2 heterocycles. The summed E-state index contributed by atoms with van der Waals surface area (Å²) in [6.07, 6.45) is 6.84. The van der Waals surface area contributed by atoms with Gasteiger partial charge in [-0.2, -0.15) is 3.97 Å². The number of nitrogens with two attached hydrogens (primary N) is 1. The normalized spacial score (nSPS) is 15.4. The first kappa shape index (κ1) is 20.9. The summed E-state index contributed by atoms with van der Waals surface area (Å²) in [5, 5.41) is 0.311. The predicted molar refractivity (Wildman–Crippen MR) is 128 cm³/mol. The number of nitrogens with zero attached hydrogens (tertiary/aromatic N) is 4. The van der Waals surface area contributed by atoms with Crippen molar-refractivity contribution in [3.8, 4) is 0 Å². The van der Waals surface area contributed by atoms with Crippen molar-refractivity contribution in [3.63, 3.8) is 0 Å². The van der Waals surface area contributed by atoms with Gasteiger partial charge in [0, 0.05) is 13.1 Å². The number of nitrogen functional groups attached to an aromatic ring is 1. The van der Waals surface area contributed by atoms with E-state index in [-0.39, 0.29) is 10.4 Å². The van der Waals surface area contributed by atoms with Crippen LogP contribution in [0.5, 0.6) is 0 Å². The highest BCUT2D eigenvalue weighted by atomic mass is 32.2. The van der Waals surface area contributed by atoms with Gasteiger partial charge in [-0.3, -0.25) is 4.79 Å². The van der Waals surface area contributed by atoms with E-state index < -0.39 is 15.6 Å². The summed E-state index contributed by atoms with van der Waals surface area (Å²) >= 11 is 1.17. The molecule has 4 aromatic rings. The zero-order chi connectivity index (χ0) is 22.5. The lowest BCUT2D eigenvalue weighted by Gasteiger charge is -2.33. The largest absolute Gasteiger partial charge is 0.375 e. The van der Waals surface area contributed by atoms with Crippen LogP contribution in [-0.4, -0.2) is 35.4 Å². The fourth-order valence-electron chi connectivity index (χ4n) is 4.51. The maximum atomic E-state index is 13.5. The van der Waals surface area contributed by atoms with E-state index in [1.807, 2.05) is 13.1 Å². The van der Waals surface area contributed by atoms with Gasteiger partial charge in [-0.15, -0.1) is 0 Å². The standard InChI is InChI=1S/C22H23N5O3S2/c1-26(14-8-4-2-5-9-14)17-12-16-20(21-19(17)25-22(23)31-21)27(18(28)13-24-16)32(29,30)15-10-6-3-7-11-15/h3,6-7,10-14H,2,4-5,8-9H2,1H3,(H2,23,25). The predicted octanol–water partition coefficient (Wildman–Crippen LogP) is 3.59. The van der Waals surface area contributed by atoms with Crippen molar-refractivity contribution in [1.82, 2.24) is 13.9 Å². The summed E-state index contributed by atoms with van der Waals surface area (Å²) < 4.78 is 28.3. The molecule has 1 aliphatic carbocycles. The van der Waals surface area contributed by atoms with Gasteiger partial charge in [-0.05, 0) is 31.0 Å². The number of anilines is 2. The molecule has 5 rings (SSSR count). The zero-order valence-corrected chi connectivity index (χ0v) is 19.2. The molecule has 0 saturated heterocycles. The molecule has 1 aliphatic rings. The molecule has 8 nitrogen and oxygen atoms in total. The minimum atomic E-state index is -4.14. The average molecular weight is 470 g/mol. The quantitative estimate of drug-likeness (QED) is 0.486. The highest BCUT2D eigenvalue weighted by Crippen LogP contribution is 2.39. The third kappa shape index (κ3) is 3.34. The molecule has 0 bridgehead atoms. The van der Waals surface area contributed by atoms with Crippen LogP contribution in [0.3, 0.4) is 0 Å². The molecule has 2 N–H and O–H groups in total. The second-order valence-corrected chi connectivity index (χ2v) is 10.9. The van der Waals surface area contributed by atoms with Crippen LogP contribution in [-0.2, 0) is 10.0 Å². The molecule has 32 heavy (non-hydrogen) atoms. The highest BCUT2D eigenvalue weighted by Gasteiger charge is 2.27. The number of benzene rings is 2. The van der Waals surface area contributed by atoms with Gasteiger partial charge in [-0.1, -0.05) is 48.8 Å². The Kier molecular flexibility index (Phi) is 5.13. The fourth-order valence-corrected chi connectivity index (χ4v) is 6.87. The smallest absolute Gasteiger partial charge is 0.283 e. The van der Waals surface area contributed by atoms with Crippen LogP contribution in [0.15, 0.2) is 52.3 Å². The van der Waals surface area contributed by atoms with Crippen LogP contribution in [0.2, 0.25) is 0 Å². The molecule has 166 valence electrons. The van der Waals surface area contributed by atoms with Crippen molar-refractivity contribution in [2.45, 2.75) is 43.0 Å². The van der Waals surface area contributed by atoms with E-state index >= 15 is 0 Å². The molecule has 0 aliphatic heterocycles. The van der Waals surface area contributed by atoms with Crippen molar-refractivity contribution in [2.75, 3.05) is 17.7 Å². The second kappa shape index (κ2) is 7.86. The van der Waals surface area contributed by atoms with Crippen LogP contribution in [0.1, 0.15) is 32.1 Å². The lowest BCUT2D eigenvalue weighted by atomic mass is 9.94. The number of thiazole rings is 1. The van der Waals surface area contributed by atoms with E-state index in [9.17, 15) is 13.2 Å². The lowest BCUT2D eigenvalue weighted by molar-refractivity contribution is 0.428. The topological polar surface area (TPSA) is 111 Å². The zero-order valence-electron chi connectivity index (χ0n) is 17.6. The maximum Gasteiger partial charge on any atom is 0.283 e. The van der Waals surface area contributed by atoms with Gasteiger partial charge in [0.15, 0.2) is 5.13 Å². The molecular formula is C22H23N5O3S2. The molecule has 1 saturated carbocycles. The van der Waals surface area contributed by atoms with E-state index in [1.165, 1.54) is 42.7 Å². The number of hydrogen-bond acceptors (Lipinski definition) is 8. The molecule has 0 amide bonds. The summed E-state index contributed by atoms with van der Waals surface area (Å²) in [5.74, 6) is 0. The lowest BCUT2D eigenvalue weighted by Crippen LogP contribution is -2.33. The van der Waals surface area contributed by atoms with Gasteiger partial charge in [0.2, 0.25) is 0 Å². The maximum absolute atomic E-state index is 13.5. The first-order valence-corrected chi connectivity index (χ1v) is 12.8. The summed E-state index contributed by atoms with van der Waals surface area (Å²) in [7, 11) is -2.11. The summed E-state index contributed by atoms with van der Waals surface area (Å²) in [4.78, 5) is 23.9. The highest BCUT2D eigenvalue weighted by molar-refractivity contribution is 7.90. The van der Waals surface area contributed by atoms with Crippen LogP contribution < -0.4 is 16.2 Å². The van der Waals surface area contributed by atoms with E-state index in [2.05, 4.69) is 14.9 Å². The molecule has 0 radical (unpaired) electrons. The molecular weight excluding hydrogens is 446 g/mol. The Bertz CT molecular complexity index is 1470. The Hall–Kier alpha value is -2.98. The van der Waals surface area contributed by atoms with Crippen LogP contribution in [0.25, 0.3) is 21.3 Å². The van der Waals surface area contributed by atoms with Crippen molar-refractivity contribution < 1.29 is 8.42 Å². The van der Waals surface area contributed by atoms with Gasteiger partial charge in [0.25, 0.3) is 15.6 Å². The third-order valence-corrected chi connectivity index (χ3v) is 8.72. The fraction of sp³-hybridized carbons (Fsp3) is 0.318. The van der Waals surface area contributed by atoms with Crippen LogP contribution in [0.4, 0.5) is 10.8 Å². The Balaban J connectivity index is 1.81. The molecule has 0 atom stereocenters. The van der Waals surface area contributed by atoms with Crippen molar-refractivity contribution in [1.29, 1.82) is 0 Å². The van der Waals surface area contributed by atoms with Crippen LogP contribution in [0, 0.1) is 0 Å². The summed E-state index contributed by atoms with van der Waals surface area (Å²) in [5.41, 5.74) is 7.42. The molecule has 0 spiro atoms. The van der Waals surface area contributed by atoms with Crippen molar-refractivity contribution in [2.24, 2.45) is 0 Å². The average Bonchev–Trinajstić information content (AvgIpc) is 3.20. The summed E-state index contributed by atoms with van der Waals surface area (Å²) in [6.45, 7) is 0. The number of aromatic nitrogens is 3. The minimum absolute atomic E-state index is 0.0311. The van der Waals surface area contributed by atoms with Gasteiger partial charge in [0.05, 0.1) is 27.0 Å². The molecule has 1 fully saturated rings. The first-order valence-electron chi connectivity index (χ1n) is 10.5. The monoisotopic (exact) mass is 469 g/mol. The molecule has 2 aromatic carbocycles.